The maximum absolute atomic E-state index is 12.6. The van der Waals surface area contributed by atoms with Crippen LogP contribution >= 0.6 is 0 Å². The Labute approximate surface area is 124 Å². The van der Waals surface area contributed by atoms with Crippen molar-refractivity contribution >= 4 is 16.0 Å². The molecular formula is C14H19NO5S. The Morgan fingerprint density at radius 2 is 2.05 bits per heavy atom. The first-order chi connectivity index (χ1) is 9.95. The van der Waals surface area contributed by atoms with Crippen molar-refractivity contribution in [2.24, 2.45) is 5.92 Å². The SMILES string of the molecule is COCC1CCCN(S(=O)(=O)c2ccc(C(=O)O)cc2)C1. The quantitative estimate of drug-likeness (QED) is 0.889. The van der Waals surface area contributed by atoms with Gasteiger partial charge in [0, 0.05) is 20.2 Å². The summed E-state index contributed by atoms with van der Waals surface area (Å²) in [6.45, 7) is 1.48. The van der Waals surface area contributed by atoms with Gasteiger partial charge in [0.1, 0.15) is 0 Å². The Morgan fingerprint density at radius 3 is 2.62 bits per heavy atom. The lowest BCUT2D eigenvalue weighted by atomic mass is 10.0. The van der Waals surface area contributed by atoms with Crippen molar-refractivity contribution in [3.63, 3.8) is 0 Å². The average Bonchev–Trinajstić information content (AvgIpc) is 2.48. The number of hydrogen-bond acceptors (Lipinski definition) is 4. The minimum atomic E-state index is -3.57. The molecular weight excluding hydrogens is 294 g/mol. The third kappa shape index (κ3) is 3.61. The molecule has 21 heavy (non-hydrogen) atoms. The van der Waals surface area contributed by atoms with Crippen molar-refractivity contribution in [3.05, 3.63) is 29.8 Å². The largest absolute Gasteiger partial charge is 0.478 e. The first-order valence-electron chi connectivity index (χ1n) is 6.77. The van der Waals surface area contributed by atoms with E-state index in [1.165, 1.54) is 28.6 Å². The molecule has 0 spiro atoms. The Morgan fingerprint density at radius 1 is 1.38 bits per heavy atom. The third-order valence-electron chi connectivity index (χ3n) is 3.62. The van der Waals surface area contributed by atoms with E-state index in [1.54, 1.807) is 7.11 Å². The van der Waals surface area contributed by atoms with E-state index in [4.69, 9.17) is 9.84 Å². The predicted molar refractivity (Wildman–Crippen MR) is 76.8 cm³/mol. The number of ether oxygens (including phenoxy) is 1. The van der Waals surface area contributed by atoms with Crippen LogP contribution in [0.2, 0.25) is 0 Å². The Balaban J connectivity index is 2.18. The fourth-order valence-electron chi connectivity index (χ4n) is 2.54. The summed E-state index contributed by atoms with van der Waals surface area (Å²) in [6, 6.07) is 5.31. The molecule has 0 amide bonds. The fourth-order valence-corrected chi connectivity index (χ4v) is 4.09. The van der Waals surface area contributed by atoms with Gasteiger partial charge in [0.15, 0.2) is 0 Å². The van der Waals surface area contributed by atoms with Crippen molar-refractivity contribution in [2.75, 3.05) is 26.8 Å². The molecule has 6 nitrogen and oxygen atoms in total. The summed E-state index contributed by atoms with van der Waals surface area (Å²) < 4.78 is 31.7. The molecule has 0 aliphatic carbocycles. The number of hydrogen-bond donors (Lipinski definition) is 1. The molecule has 0 aromatic heterocycles. The summed E-state index contributed by atoms with van der Waals surface area (Å²) in [5.74, 6) is -0.867. The van der Waals surface area contributed by atoms with Crippen LogP contribution in [-0.2, 0) is 14.8 Å². The normalized spacial score (nSPS) is 20.3. The van der Waals surface area contributed by atoms with Crippen LogP contribution in [0.4, 0.5) is 0 Å². The van der Waals surface area contributed by atoms with Crippen molar-refractivity contribution in [1.82, 2.24) is 4.31 Å². The number of carboxylic acids is 1. The van der Waals surface area contributed by atoms with E-state index < -0.39 is 16.0 Å². The molecule has 1 aliphatic rings. The lowest BCUT2D eigenvalue weighted by Gasteiger charge is -2.31. The molecule has 1 heterocycles. The van der Waals surface area contributed by atoms with E-state index in [0.29, 0.717) is 19.7 Å². The van der Waals surface area contributed by atoms with E-state index in [9.17, 15) is 13.2 Å². The Hall–Kier alpha value is -1.44. The highest BCUT2D eigenvalue weighted by Gasteiger charge is 2.30. The minimum absolute atomic E-state index is 0.0739. The zero-order chi connectivity index (χ0) is 15.5. The highest BCUT2D eigenvalue weighted by Crippen LogP contribution is 2.24. The second-order valence-corrected chi connectivity index (χ2v) is 7.09. The number of nitrogens with zero attached hydrogens (tertiary/aromatic N) is 1. The van der Waals surface area contributed by atoms with Gasteiger partial charge >= 0.3 is 5.97 Å². The molecule has 116 valence electrons. The maximum Gasteiger partial charge on any atom is 0.335 e. The topological polar surface area (TPSA) is 83.9 Å². The molecule has 1 N–H and O–H groups in total. The van der Waals surface area contributed by atoms with E-state index >= 15 is 0 Å². The van der Waals surface area contributed by atoms with Gasteiger partial charge in [-0.1, -0.05) is 0 Å². The molecule has 0 bridgehead atoms. The highest BCUT2D eigenvalue weighted by molar-refractivity contribution is 7.89. The summed E-state index contributed by atoms with van der Waals surface area (Å²) in [5, 5.41) is 8.85. The lowest BCUT2D eigenvalue weighted by molar-refractivity contribution is 0.0696. The zero-order valence-electron chi connectivity index (χ0n) is 11.9. The summed E-state index contributed by atoms with van der Waals surface area (Å²) in [6.07, 6.45) is 1.76. The van der Waals surface area contributed by atoms with Gasteiger partial charge in [-0.3, -0.25) is 0 Å². The number of rotatable bonds is 5. The van der Waals surface area contributed by atoms with Gasteiger partial charge in [-0.15, -0.1) is 0 Å². The van der Waals surface area contributed by atoms with Crippen LogP contribution < -0.4 is 0 Å². The third-order valence-corrected chi connectivity index (χ3v) is 5.50. The van der Waals surface area contributed by atoms with Crippen LogP contribution in [0.3, 0.4) is 0 Å². The number of sulfonamides is 1. The molecule has 1 fully saturated rings. The van der Waals surface area contributed by atoms with Crippen molar-refractivity contribution in [2.45, 2.75) is 17.7 Å². The molecule has 1 aliphatic heterocycles. The molecule has 0 radical (unpaired) electrons. The number of benzene rings is 1. The lowest BCUT2D eigenvalue weighted by Crippen LogP contribution is -2.41. The summed E-state index contributed by atoms with van der Waals surface area (Å²) in [7, 11) is -1.96. The van der Waals surface area contributed by atoms with Crippen LogP contribution in [0.25, 0.3) is 0 Å². The van der Waals surface area contributed by atoms with Gasteiger partial charge in [0.05, 0.1) is 17.1 Å². The first-order valence-corrected chi connectivity index (χ1v) is 8.21. The van der Waals surface area contributed by atoms with Gasteiger partial charge in [0.25, 0.3) is 0 Å². The fraction of sp³-hybridized carbons (Fsp3) is 0.500. The van der Waals surface area contributed by atoms with Crippen LogP contribution in [0.5, 0.6) is 0 Å². The Bertz CT molecular complexity index is 594. The predicted octanol–water partition coefficient (Wildman–Crippen LogP) is 1.43. The summed E-state index contributed by atoms with van der Waals surface area (Å²) in [4.78, 5) is 10.9. The van der Waals surface area contributed by atoms with Gasteiger partial charge in [0.2, 0.25) is 10.0 Å². The maximum atomic E-state index is 12.6. The number of carbonyl (C=O) groups is 1. The monoisotopic (exact) mass is 313 g/mol. The number of piperidine rings is 1. The minimum Gasteiger partial charge on any atom is -0.478 e. The van der Waals surface area contributed by atoms with Crippen LogP contribution in [0.15, 0.2) is 29.2 Å². The van der Waals surface area contributed by atoms with E-state index in [-0.39, 0.29) is 16.4 Å². The number of methoxy groups -OCH3 is 1. The van der Waals surface area contributed by atoms with E-state index in [1.807, 2.05) is 0 Å². The van der Waals surface area contributed by atoms with Gasteiger partial charge < -0.3 is 9.84 Å². The number of carboxylic acid groups (broad SMARTS) is 1. The summed E-state index contributed by atoms with van der Waals surface area (Å²) in [5.41, 5.74) is 0.0739. The summed E-state index contributed by atoms with van der Waals surface area (Å²) >= 11 is 0. The second kappa shape index (κ2) is 6.55. The van der Waals surface area contributed by atoms with Gasteiger partial charge in [-0.05, 0) is 43.0 Å². The zero-order valence-corrected chi connectivity index (χ0v) is 12.7. The molecule has 1 atom stereocenters. The van der Waals surface area contributed by atoms with Crippen LogP contribution in [-0.4, -0.2) is 50.6 Å². The molecule has 0 saturated carbocycles. The molecule has 1 aromatic rings. The van der Waals surface area contributed by atoms with Gasteiger partial charge in [-0.2, -0.15) is 4.31 Å². The van der Waals surface area contributed by atoms with Crippen LogP contribution in [0.1, 0.15) is 23.2 Å². The van der Waals surface area contributed by atoms with E-state index in [2.05, 4.69) is 0 Å². The second-order valence-electron chi connectivity index (χ2n) is 5.16. The number of aromatic carboxylic acids is 1. The van der Waals surface area contributed by atoms with Crippen molar-refractivity contribution in [3.8, 4) is 0 Å². The highest BCUT2D eigenvalue weighted by atomic mass is 32.2. The Kier molecular flexibility index (Phi) is 4.97. The first kappa shape index (κ1) is 15.9. The van der Waals surface area contributed by atoms with Crippen molar-refractivity contribution < 1.29 is 23.1 Å². The standard InChI is InChI=1S/C14H19NO5S/c1-20-10-11-3-2-8-15(9-11)21(18,19)13-6-4-12(5-7-13)14(16)17/h4-7,11H,2-3,8-10H2,1H3,(H,16,17). The molecule has 2 rings (SSSR count). The molecule has 1 aromatic carbocycles. The van der Waals surface area contributed by atoms with Gasteiger partial charge in [-0.25, -0.2) is 13.2 Å². The van der Waals surface area contributed by atoms with Crippen molar-refractivity contribution in [1.29, 1.82) is 0 Å². The average molecular weight is 313 g/mol. The van der Waals surface area contributed by atoms with E-state index in [0.717, 1.165) is 12.8 Å². The molecule has 7 heteroatoms. The molecule has 1 unspecified atom stereocenters. The smallest absolute Gasteiger partial charge is 0.335 e. The van der Waals surface area contributed by atoms with Crippen LogP contribution in [0, 0.1) is 5.92 Å². The molecule has 1 saturated heterocycles.